The van der Waals surface area contributed by atoms with E-state index in [4.69, 9.17) is 28.4 Å². The number of likely N-dealkylation sites (N-methyl/N-ethyl adjacent to an activating group) is 2. The number of aliphatic hydroxyl groups excluding tert-OH is 5. The Kier molecular flexibility index (Phi) is 21.0. The summed E-state index contributed by atoms with van der Waals surface area (Å²) >= 11 is 0. The quantitative estimate of drug-likeness (QED) is 0.115. The number of esters is 1. The molecule has 62 heavy (non-hydrogen) atoms. The first-order chi connectivity index (χ1) is 28.8. The lowest BCUT2D eigenvalue weighted by atomic mass is 9.77. The molecule has 0 aromatic carbocycles. The number of carbonyl (C=O) groups excluding carboxylic acids is 1. The van der Waals surface area contributed by atoms with Crippen LogP contribution < -0.4 is 0 Å². The maximum absolute atomic E-state index is 14.4. The number of nitrogens with zero attached hydrogens (tertiary/aromatic N) is 3. The van der Waals surface area contributed by atoms with Gasteiger partial charge in [-0.25, -0.2) is 0 Å². The number of carbonyl (C=O) groups is 1. The first-order valence-electron chi connectivity index (χ1n) is 23.1. The molecule has 0 saturated carbocycles. The highest BCUT2D eigenvalue weighted by molar-refractivity contribution is 5.73. The van der Waals surface area contributed by atoms with Crippen molar-refractivity contribution in [2.45, 2.75) is 205 Å². The maximum Gasteiger partial charge on any atom is 0.311 e. The fourth-order valence-corrected chi connectivity index (χ4v) is 10.2. The molecular formula is C45H87N3O14. The van der Waals surface area contributed by atoms with E-state index in [1.807, 2.05) is 49.6 Å². The average Bonchev–Trinajstić information content (AvgIpc) is 3.19. The third-order valence-corrected chi connectivity index (χ3v) is 14.0. The van der Waals surface area contributed by atoms with Crippen molar-refractivity contribution in [1.29, 1.82) is 0 Å². The molecule has 0 spiro atoms. The van der Waals surface area contributed by atoms with Crippen LogP contribution in [0.15, 0.2) is 0 Å². The molecule has 1 unspecified atom stereocenters. The number of hydrogen-bond donors (Lipinski definition) is 7. The van der Waals surface area contributed by atoms with E-state index in [1.165, 1.54) is 14.0 Å². The van der Waals surface area contributed by atoms with Crippen molar-refractivity contribution in [2.75, 3.05) is 60.5 Å². The summed E-state index contributed by atoms with van der Waals surface area (Å²) in [6, 6.07) is -1.08. The summed E-state index contributed by atoms with van der Waals surface area (Å²) in [4.78, 5) is 20.2. The van der Waals surface area contributed by atoms with E-state index in [1.54, 1.807) is 48.5 Å². The number of aliphatic hydroxyl groups is 7. The monoisotopic (exact) mass is 894 g/mol. The second kappa shape index (κ2) is 23.5. The second-order valence-corrected chi connectivity index (χ2v) is 19.8. The van der Waals surface area contributed by atoms with Crippen LogP contribution in [0.25, 0.3) is 0 Å². The van der Waals surface area contributed by atoms with Crippen LogP contribution in [-0.4, -0.2) is 213 Å². The molecule has 3 heterocycles. The first kappa shape index (κ1) is 55.2. The van der Waals surface area contributed by atoms with Crippen LogP contribution in [0.1, 0.15) is 108 Å². The third-order valence-electron chi connectivity index (χ3n) is 14.0. The average molecular weight is 894 g/mol. The van der Waals surface area contributed by atoms with Crippen LogP contribution in [0.3, 0.4) is 0 Å². The normalized spacial score (nSPS) is 44.2. The van der Waals surface area contributed by atoms with Crippen molar-refractivity contribution in [3.05, 3.63) is 0 Å². The van der Waals surface area contributed by atoms with Gasteiger partial charge in [0.25, 0.3) is 0 Å². The SMILES string of the molecule is CCCN(CCO)CC(O)CN(C)[C@H]1C[C@@H](C)O[C@@H](O[C@@H]2[C@@H](C)[C@H](O[C@H]3C[C@@](C)(OC)[C@@H](O)[C@H](C)O3)[C@@H](C)C(=O)O[C@H](CC)[C@@](C)(O)[C@H](O)[C@@H](C)N(C)C[C@H](C)C[C@@]2(C)O)[C@@H]1O. The molecule has 0 radical (unpaired) electrons. The lowest BCUT2D eigenvalue weighted by Crippen LogP contribution is -2.61. The number of hydrogen-bond acceptors (Lipinski definition) is 17. The third kappa shape index (κ3) is 13.7. The molecule has 3 fully saturated rings. The van der Waals surface area contributed by atoms with E-state index in [-0.39, 0.29) is 38.3 Å². The van der Waals surface area contributed by atoms with Gasteiger partial charge in [0.2, 0.25) is 0 Å². The van der Waals surface area contributed by atoms with Crippen molar-refractivity contribution < 1.29 is 69.0 Å². The Balaban J connectivity index is 2.11. The predicted molar refractivity (Wildman–Crippen MR) is 233 cm³/mol. The largest absolute Gasteiger partial charge is 0.459 e. The molecule has 3 aliphatic rings. The molecule has 17 nitrogen and oxygen atoms in total. The van der Waals surface area contributed by atoms with Crippen LogP contribution in [0.4, 0.5) is 0 Å². The van der Waals surface area contributed by atoms with Crippen molar-refractivity contribution in [3.63, 3.8) is 0 Å². The van der Waals surface area contributed by atoms with E-state index >= 15 is 0 Å². The zero-order valence-corrected chi connectivity index (χ0v) is 40.3. The molecule has 3 aliphatic heterocycles. The van der Waals surface area contributed by atoms with Crippen LogP contribution in [0, 0.1) is 17.8 Å². The van der Waals surface area contributed by atoms with Gasteiger partial charge in [0.1, 0.15) is 30.0 Å². The molecule has 366 valence electrons. The summed E-state index contributed by atoms with van der Waals surface area (Å²) < 4.78 is 38.0. The van der Waals surface area contributed by atoms with Crippen LogP contribution in [-0.2, 0) is 33.2 Å². The number of rotatable bonds is 15. The van der Waals surface area contributed by atoms with Crippen molar-refractivity contribution in [1.82, 2.24) is 14.7 Å². The van der Waals surface area contributed by atoms with Crippen molar-refractivity contribution in [2.24, 2.45) is 17.8 Å². The predicted octanol–water partition coefficient (Wildman–Crippen LogP) is 1.34. The highest BCUT2D eigenvalue weighted by Gasteiger charge is 2.53. The van der Waals surface area contributed by atoms with Crippen LogP contribution >= 0.6 is 0 Å². The van der Waals surface area contributed by atoms with Gasteiger partial charge in [-0.05, 0) is 101 Å². The Labute approximate surface area is 371 Å². The van der Waals surface area contributed by atoms with Gasteiger partial charge >= 0.3 is 5.97 Å². The van der Waals surface area contributed by atoms with Gasteiger partial charge in [0.15, 0.2) is 12.6 Å². The molecule has 0 amide bonds. The summed E-state index contributed by atoms with van der Waals surface area (Å²) in [5.74, 6) is -2.81. The summed E-state index contributed by atoms with van der Waals surface area (Å²) in [5, 5.41) is 79.9. The molecule has 3 rings (SSSR count). The summed E-state index contributed by atoms with van der Waals surface area (Å²) in [6.45, 7) is 21.6. The van der Waals surface area contributed by atoms with Gasteiger partial charge in [0.05, 0.1) is 54.2 Å². The summed E-state index contributed by atoms with van der Waals surface area (Å²) in [6.07, 6.45) is -9.17. The minimum absolute atomic E-state index is 0.0193. The zero-order chi connectivity index (χ0) is 47.1. The first-order valence-corrected chi connectivity index (χ1v) is 23.1. The lowest BCUT2D eigenvalue weighted by molar-refractivity contribution is -0.318. The van der Waals surface area contributed by atoms with Crippen molar-refractivity contribution in [3.8, 4) is 0 Å². The molecule has 3 saturated heterocycles. The topological polar surface area (TPSA) is 224 Å². The Morgan fingerprint density at radius 3 is 2.16 bits per heavy atom. The van der Waals surface area contributed by atoms with Gasteiger partial charge in [-0.1, -0.05) is 27.7 Å². The molecular weight excluding hydrogens is 807 g/mol. The maximum atomic E-state index is 14.4. The second-order valence-electron chi connectivity index (χ2n) is 19.8. The number of ether oxygens (including phenoxy) is 6. The molecule has 19 atom stereocenters. The van der Waals surface area contributed by atoms with Crippen LogP contribution in [0.2, 0.25) is 0 Å². The summed E-state index contributed by atoms with van der Waals surface area (Å²) in [7, 11) is 5.15. The Hall–Kier alpha value is -1.13. The van der Waals surface area contributed by atoms with Crippen LogP contribution in [0.5, 0.6) is 0 Å². The van der Waals surface area contributed by atoms with Gasteiger partial charge in [0, 0.05) is 57.7 Å². The molecule has 0 aromatic heterocycles. The van der Waals surface area contributed by atoms with E-state index in [0.717, 1.165) is 13.0 Å². The molecule has 7 N–H and O–H groups in total. The van der Waals surface area contributed by atoms with Gasteiger partial charge in [-0.15, -0.1) is 0 Å². The zero-order valence-electron chi connectivity index (χ0n) is 40.3. The Bertz CT molecular complexity index is 1340. The molecule has 17 heteroatoms. The van der Waals surface area contributed by atoms with E-state index in [2.05, 4.69) is 0 Å². The molecule has 0 aliphatic carbocycles. The van der Waals surface area contributed by atoms with Gasteiger partial charge in [-0.3, -0.25) is 14.6 Å². The van der Waals surface area contributed by atoms with E-state index in [9.17, 15) is 40.5 Å². The number of cyclic esters (lactones) is 1. The smallest absolute Gasteiger partial charge is 0.311 e. The highest BCUT2D eigenvalue weighted by atomic mass is 16.7. The molecule has 0 bridgehead atoms. The Morgan fingerprint density at radius 1 is 0.935 bits per heavy atom. The van der Waals surface area contributed by atoms with Gasteiger partial charge in [-0.2, -0.15) is 0 Å². The standard InChI is InChI=1S/C45H87N3O14/c1-15-17-48(18-19-49)25-32(50)24-47(13)33-20-27(4)58-42(36(33)51)62-40-28(5)37(61-35-22-44(10,57-14)39(53)31(8)59-35)29(6)41(54)60-34(16-2)45(11,56)38(52)30(7)46(12)23-26(3)21-43(40,9)55/h26-40,42,49-53,55-56H,15-25H2,1-14H3/t26-,27-,28+,29-,30-,31+,32?,33+,34-,35+,36-,37+,38-,39+,40-,42+,43-,44-,45-/m1/s1. The number of methoxy groups -OCH3 is 1. The van der Waals surface area contributed by atoms with E-state index in [0.29, 0.717) is 26.1 Å². The minimum atomic E-state index is -1.84. The lowest BCUT2D eigenvalue weighted by Gasteiger charge is -2.49. The van der Waals surface area contributed by atoms with Gasteiger partial charge < -0.3 is 69.1 Å². The minimum Gasteiger partial charge on any atom is -0.459 e. The highest BCUT2D eigenvalue weighted by Crippen LogP contribution is 2.40. The molecule has 0 aromatic rings. The fourth-order valence-electron chi connectivity index (χ4n) is 10.2. The fraction of sp³-hybridized carbons (Fsp3) is 0.978. The Morgan fingerprint density at radius 2 is 1.58 bits per heavy atom. The summed E-state index contributed by atoms with van der Waals surface area (Å²) in [5.41, 5.74) is -4.54. The van der Waals surface area contributed by atoms with E-state index < -0.39 is 114 Å². The van der Waals surface area contributed by atoms with Crippen molar-refractivity contribution >= 4 is 5.97 Å².